The van der Waals surface area contributed by atoms with Crippen LogP contribution in [0.2, 0.25) is 10.0 Å². The van der Waals surface area contributed by atoms with Crippen molar-refractivity contribution in [2.24, 2.45) is 15.7 Å². The molecule has 2 unspecified atom stereocenters. The first-order valence-electron chi connectivity index (χ1n) is 16.0. The molecule has 0 amide bonds. The molecule has 2 atom stereocenters. The second-order valence-corrected chi connectivity index (χ2v) is 15.8. The van der Waals surface area contributed by atoms with E-state index < -0.39 is 42.3 Å². The Morgan fingerprint density at radius 3 is 1.89 bits per heavy atom. The fourth-order valence-electron chi connectivity index (χ4n) is 6.12. The van der Waals surface area contributed by atoms with E-state index in [1.807, 2.05) is 36.1 Å². The van der Waals surface area contributed by atoms with E-state index in [0.29, 0.717) is 32.0 Å². The predicted octanol–water partition coefficient (Wildman–Crippen LogP) is 4.14. The molecule has 6 N–H and O–H groups in total. The van der Waals surface area contributed by atoms with Crippen molar-refractivity contribution in [2.75, 3.05) is 41.8 Å². The molecule has 0 saturated carbocycles. The van der Waals surface area contributed by atoms with Crippen LogP contribution < -0.4 is 30.7 Å². The Labute approximate surface area is 317 Å². The van der Waals surface area contributed by atoms with Gasteiger partial charge in [0.05, 0.1) is 36.0 Å². The number of nitrogens with two attached hydrogens (primary N) is 1. The van der Waals surface area contributed by atoms with E-state index in [2.05, 4.69) is 35.6 Å². The number of fused-ring (bicyclic) bond motifs is 4. The molecule has 1 aromatic heterocycles. The van der Waals surface area contributed by atoms with E-state index in [1.165, 1.54) is 24.3 Å². The van der Waals surface area contributed by atoms with Gasteiger partial charge >= 0.3 is 0 Å². The first-order valence-corrected chi connectivity index (χ1v) is 19.6. The number of hydrogen-bond donors (Lipinski definition) is 5. The maximum Gasteiger partial charge on any atom is 0.296 e. The standard InChI is InChI=1S/C32H27Cl2N9O9S2/c1-14-2-4-15(5-3-14)36-30-40-31(42-32(41-30)43-10-12-50-13-11-43)39-19-9-8-18-25(29(19)54(47,48)49)52-27-21(34)22-26(20(33)23(27)38-18)51-24-17(37-22)7-6-16(35)28(24)53(44,45)46/h2-9,24-25H,10-13,35H2,1H3,(H,44,45,46)(H,47,48,49)(H2,36,39,40,41,42). The van der Waals surface area contributed by atoms with Crippen molar-refractivity contribution >= 4 is 89.8 Å². The number of nitrogens with zero attached hydrogens (tertiary/aromatic N) is 6. The van der Waals surface area contributed by atoms with Crippen LogP contribution in [-0.4, -0.2) is 90.8 Å². The largest absolute Gasteiger partial charge is 0.474 e. The summed E-state index contributed by atoms with van der Waals surface area (Å²) in [5.74, 6) is -0.0188. The first kappa shape index (κ1) is 35.9. The molecule has 2 aromatic carbocycles. The van der Waals surface area contributed by atoms with Crippen molar-refractivity contribution in [3.05, 3.63) is 85.4 Å². The van der Waals surface area contributed by atoms with Gasteiger partial charge in [0.2, 0.25) is 17.8 Å². The van der Waals surface area contributed by atoms with Gasteiger partial charge in [-0.15, -0.1) is 0 Å². The number of nitrogens with one attached hydrogen (secondary N) is 2. The number of aromatic nitrogens is 3. The summed E-state index contributed by atoms with van der Waals surface area (Å²) in [5, 5.41) is 5.61. The fraction of sp³-hybridized carbons (Fsp3) is 0.219. The summed E-state index contributed by atoms with van der Waals surface area (Å²) >= 11 is 13.5. The molecule has 1 fully saturated rings. The number of benzene rings is 2. The molecule has 5 aliphatic rings. The second-order valence-electron chi connectivity index (χ2n) is 12.3. The molecule has 3 aromatic rings. The third-order valence-electron chi connectivity index (χ3n) is 8.64. The summed E-state index contributed by atoms with van der Waals surface area (Å²) in [6, 6.07) is 7.52. The number of anilines is 4. The SMILES string of the molecule is Cc1ccc(Nc2nc(NC3=C(S(=O)(=O)O)C4Oc5c(Cl)c6c(c(Cl)c5N=C4C=C3)OC3C(=N6)C=CC(N)=C3S(=O)(=O)O)nc(N3CCOCC3)n2)cc1. The number of hydrogen-bond acceptors (Lipinski definition) is 16. The van der Waals surface area contributed by atoms with Gasteiger partial charge in [0.15, 0.2) is 23.7 Å². The van der Waals surface area contributed by atoms with E-state index in [0.717, 1.165) is 5.56 Å². The van der Waals surface area contributed by atoms with Crippen molar-refractivity contribution in [1.82, 2.24) is 15.0 Å². The van der Waals surface area contributed by atoms with E-state index in [-0.39, 0.29) is 73.6 Å². The van der Waals surface area contributed by atoms with Gasteiger partial charge in [-0.05, 0) is 43.4 Å². The molecule has 1 saturated heterocycles. The summed E-state index contributed by atoms with van der Waals surface area (Å²) in [5.41, 5.74) is 6.98. The number of ether oxygens (including phenoxy) is 3. The lowest BCUT2D eigenvalue weighted by molar-refractivity contribution is 0.122. The number of halogens is 2. The molecule has 0 radical (unpaired) electrons. The van der Waals surface area contributed by atoms with Gasteiger partial charge in [-0.1, -0.05) is 40.9 Å². The van der Waals surface area contributed by atoms with Crippen LogP contribution in [0, 0.1) is 6.92 Å². The molecule has 0 spiro atoms. The van der Waals surface area contributed by atoms with E-state index in [9.17, 15) is 25.9 Å². The minimum absolute atomic E-state index is 0.00617. The number of aliphatic imine (C=N–C) groups is 2. The fourth-order valence-corrected chi connectivity index (χ4v) is 8.29. The molecule has 0 bridgehead atoms. The average molecular weight is 817 g/mol. The van der Waals surface area contributed by atoms with Crippen LogP contribution in [0.15, 0.2) is 79.8 Å². The highest BCUT2D eigenvalue weighted by molar-refractivity contribution is 7.90. The van der Waals surface area contributed by atoms with Gasteiger partial charge in [0.25, 0.3) is 20.2 Å². The van der Waals surface area contributed by atoms with Gasteiger partial charge in [0, 0.05) is 18.8 Å². The average Bonchev–Trinajstić information content (AvgIpc) is 3.12. The van der Waals surface area contributed by atoms with Crippen molar-refractivity contribution in [3.63, 3.8) is 0 Å². The summed E-state index contributed by atoms with van der Waals surface area (Å²) < 4.78 is 88.6. The van der Waals surface area contributed by atoms with Crippen molar-refractivity contribution < 1.29 is 40.2 Å². The summed E-state index contributed by atoms with van der Waals surface area (Å²) in [4.78, 5) is 23.1. The van der Waals surface area contributed by atoms with E-state index in [1.54, 1.807) is 0 Å². The van der Waals surface area contributed by atoms with Crippen LogP contribution >= 0.6 is 23.2 Å². The lowest BCUT2D eigenvalue weighted by Crippen LogP contribution is -2.39. The first-order chi connectivity index (χ1) is 25.7. The van der Waals surface area contributed by atoms with Crippen molar-refractivity contribution in [3.8, 4) is 11.5 Å². The maximum atomic E-state index is 13.1. The minimum Gasteiger partial charge on any atom is -0.474 e. The van der Waals surface area contributed by atoms with Crippen LogP contribution in [0.3, 0.4) is 0 Å². The molecule has 2 aliphatic carbocycles. The predicted molar refractivity (Wildman–Crippen MR) is 200 cm³/mol. The van der Waals surface area contributed by atoms with E-state index in [4.69, 9.17) is 43.1 Å². The zero-order valence-electron chi connectivity index (χ0n) is 27.7. The second kappa shape index (κ2) is 13.3. The molecule has 8 rings (SSSR count). The highest BCUT2D eigenvalue weighted by atomic mass is 35.5. The Morgan fingerprint density at radius 2 is 1.31 bits per heavy atom. The number of rotatable bonds is 7. The van der Waals surface area contributed by atoms with Gasteiger partial charge in [-0.2, -0.15) is 31.8 Å². The molecule has 3 aliphatic heterocycles. The number of morpholine rings is 1. The molecular formula is C32H27Cl2N9O9S2. The van der Waals surface area contributed by atoms with E-state index >= 15 is 0 Å². The third-order valence-corrected chi connectivity index (χ3v) is 11.3. The van der Waals surface area contributed by atoms with Crippen LogP contribution in [0.25, 0.3) is 0 Å². The molecule has 18 nitrogen and oxygen atoms in total. The van der Waals surface area contributed by atoms with Gasteiger partial charge in [-0.25, -0.2) is 9.98 Å². The Kier molecular flexibility index (Phi) is 8.87. The topological polar surface area (TPSA) is 253 Å². The monoisotopic (exact) mass is 815 g/mol. The van der Waals surface area contributed by atoms with Crippen molar-refractivity contribution in [2.45, 2.75) is 19.1 Å². The minimum atomic E-state index is -5.03. The Balaban J connectivity index is 1.18. The molecule has 54 heavy (non-hydrogen) atoms. The van der Waals surface area contributed by atoms with Crippen LogP contribution in [0.5, 0.6) is 11.5 Å². The zero-order valence-corrected chi connectivity index (χ0v) is 30.8. The Hall–Kier alpha value is -5.09. The number of aryl methyl sites for hydroxylation is 1. The molecule has 22 heteroatoms. The van der Waals surface area contributed by atoms with Crippen LogP contribution in [0.1, 0.15) is 5.56 Å². The normalized spacial score (nSPS) is 20.5. The summed E-state index contributed by atoms with van der Waals surface area (Å²) in [6.07, 6.45) is 2.34. The third kappa shape index (κ3) is 6.54. The zero-order chi connectivity index (χ0) is 38.1. The molecule has 4 heterocycles. The molecular weight excluding hydrogens is 789 g/mol. The quantitative estimate of drug-likeness (QED) is 0.210. The lowest BCUT2D eigenvalue weighted by atomic mass is 10.0. The van der Waals surface area contributed by atoms with Gasteiger partial charge < -0.3 is 35.5 Å². The smallest absolute Gasteiger partial charge is 0.296 e. The highest BCUT2D eigenvalue weighted by Gasteiger charge is 2.44. The lowest BCUT2D eigenvalue weighted by Gasteiger charge is -2.33. The Morgan fingerprint density at radius 1 is 0.778 bits per heavy atom. The van der Waals surface area contributed by atoms with Crippen LogP contribution in [-0.2, 0) is 25.0 Å². The van der Waals surface area contributed by atoms with Gasteiger partial charge in [-0.3, -0.25) is 9.11 Å². The highest BCUT2D eigenvalue weighted by Crippen LogP contribution is 2.57. The summed E-state index contributed by atoms with van der Waals surface area (Å²) in [6.45, 7) is 3.84. The van der Waals surface area contributed by atoms with Crippen molar-refractivity contribution in [1.29, 1.82) is 0 Å². The molecule has 280 valence electrons. The summed E-state index contributed by atoms with van der Waals surface area (Å²) in [7, 11) is -9.87. The maximum absolute atomic E-state index is 13.1. The van der Waals surface area contributed by atoms with Gasteiger partial charge in [0.1, 0.15) is 31.2 Å². The van der Waals surface area contributed by atoms with Crippen LogP contribution in [0.4, 0.5) is 34.9 Å². The Bertz CT molecular complexity index is 2550. The number of allylic oxidation sites excluding steroid dienone is 2.